The SMILES string of the molecule is CCC1CNC(C(C)C)CN1c1cc(C)c(Br)c(C)c1. The summed E-state index contributed by atoms with van der Waals surface area (Å²) in [6.07, 6.45) is 1.19. The van der Waals surface area contributed by atoms with Crippen LogP contribution in [-0.4, -0.2) is 25.2 Å². The molecule has 1 aliphatic heterocycles. The molecule has 0 radical (unpaired) electrons. The van der Waals surface area contributed by atoms with Crippen molar-refractivity contribution in [3.63, 3.8) is 0 Å². The Hall–Kier alpha value is -0.540. The van der Waals surface area contributed by atoms with Crippen molar-refractivity contribution in [3.05, 3.63) is 27.7 Å². The summed E-state index contributed by atoms with van der Waals surface area (Å²) < 4.78 is 1.24. The number of rotatable bonds is 3. The summed E-state index contributed by atoms with van der Waals surface area (Å²) in [5.74, 6) is 0.674. The van der Waals surface area contributed by atoms with Crippen LogP contribution < -0.4 is 10.2 Å². The van der Waals surface area contributed by atoms with Crippen LogP contribution in [0.3, 0.4) is 0 Å². The third-order valence-electron chi connectivity index (χ3n) is 4.48. The van der Waals surface area contributed by atoms with Crippen LogP contribution in [0.1, 0.15) is 38.3 Å². The molecule has 1 N–H and O–H groups in total. The second-order valence-corrected chi connectivity index (χ2v) is 7.16. The zero-order valence-corrected chi connectivity index (χ0v) is 14.9. The van der Waals surface area contributed by atoms with Crippen LogP contribution in [0.2, 0.25) is 0 Å². The van der Waals surface area contributed by atoms with Gasteiger partial charge in [0.2, 0.25) is 0 Å². The summed E-state index contributed by atoms with van der Waals surface area (Å²) in [5, 5.41) is 3.71. The van der Waals surface area contributed by atoms with E-state index in [-0.39, 0.29) is 0 Å². The maximum Gasteiger partial charge on any atom is 0.0412 e. The van der Waals surface area contributed by atoms with Gasteiger partial charge in [0.05, 0.1) is 0 Å². The highest BCUT2D eigenvalue weighted by molar-refractivity contribution is 9.10. The average molecular weight is 339 g/mol. The van der Waals surface area contributed by atoms with Crippen LogP contribution in [0.25, 0.3) is 0 Å². The molecule has 1 fully saturated rings. The van der Waals surface area contributed by atoms with Crippen LogP contribution in [0.15, 0.2) is 16.6 Å². The van der Waals surface area contributed by atoms with Gasteiger partial charge in [0.1, 0.15) is 0 Å². The lowest BCUT2D eigenvalue weighted by Gasteiger charge is -2.43. The number of aryl methyl sites for hydroxylation is 2. The van der Waals surface area contributed by atoms with Crippen LogP contribution in [0.5, 0.6) is 0 Å². The van der Waals surface area contributed by atoms with Crippen molar-refractivity contribution in [1.29, 1.82) is 0 Å². The van der Waals surface area contributed by atoms with Crippen molar-refractivity contribution >= 4 is 21.6 Å². The Morgan fingerprint density at radius 2 is 1.90 bits per heavy atom. The molecule has 1 aromatic carbocycles. The first-order valence-electron chi connectivity index (χ1n) is 7.70. The van der Waals surface area contributed by atoms with E-state index in [2.05, 4.69) is 72.9 Å². The molecule has 1 saturated heterocycles. The largest absolute Gasteiger partial charge is 0.366 e. The molecule has 2 nitrogen and oxygen atoms in total. The van der Waals surface area contributed by atoms with Crippen molar-refractivity contribution in [1.82, 2.24) is 5.32 Å². The molecule has 2 rings (SSSR count). The van der Waals surface area contributed by atoms with E-state index in [4.69, 9.17) is 0 Å². The summed E-state index contributed by atoms with van der Waals surface area (Å²) in [7, 11) is 0. The van der Waals surface area contributed by atoms with E-state index in [1.807, 2.05) is 0 Å². The fourth-order valence-corrected chi connectivity index (χ4v) is 3.27. The topological polar surface area (TPSA) is 15.3 Å². The number of hydrogen-bond acceptors (Lipinski definition) is 2. The Balaban J connectivity index is 2.31. The van der Waals surface area contributed by atoms with Crippen LogP contribution in [-0.2, 0) is 0 Å². The van der Waals surface area contributed by atoms with Crippen LogP contribution >= 0.6 is 15.9 Å². The van der Waals surface area contributed by atoms with Crippen LogP contribution in [0.4, 0.5) is 5.69 Å². The minimum Gasteiger partial charge on any atom is -0.366 e. The lowest BCUT2D eigenvalue weighted by atomic mass is 9.97. The second-order valence-electron chi connectivity index (χ2n) is 6.37. The first kappa shape index (κ1) is 15.8. The number of halogens is 1. The second kappa shape index (κ2) is 6.48. The van der Waals surface area contributed by atoms with Crippen LogP contribution in [0, 0.1) is 19.8 Å². The molecule has 1 aliphatic rings. The number of hydrogen-bond donors (Lipinski definition) is 1. The Bertz CT molecular complexity index is 447. The van der Waals surface area contributed by atoms with Gasteiger partial charge in [-0.1, -0.05) is 36.7 Å². The van der Waals surface area contributed by atoms with E-state index in [0.717, 1.165) is 13.1 Å². The van der Waals surface area contributed by atoms with Gasteiger partial charge in [0.15, 0.2) is 0 Å². The Morgan fingerprint density at radius 3 is 2.40 bits per heavy atom. The van der Waals surface area contributed by atoms with Gasteiger partial charge < -0.3 is 10.2 Å². The molecule has 0 amide bonds. The van der Waals surface area contributed by atoms with Crippen molar-refractivity contribution in [2.24, 2.45) is 5.92 Å². The van der Waals surface area contributed by atoms with E-state index in [9.17, 15) is 0 Å². The smallest absolute Gasteiger partial charge is 0.0412 e. The summed E-state index contributed by atoms with van der Waals surface area (Å²) in [4.78, 5) is 2.60. The molecule has 0 spiro atoms. The summed E-state index contributed by atoms with van der Waals surface area (Å²) in [6, 6.07) is 5.83. The van der Waals surface area contributed by atoms with Crippen molar-refractivity contribution in [3.8, 4) is 0 Å². The minimum atomic E-state index is 0.585. The van der Waals surface area contributed by atoms with Gasteiger partial charge in [-0.3, -0.25) is 0 Å². The van der Waals surface area contributed by atoms with Crippen molar-refractivity contribution < 1.29 is 0 Å². The monoisotopic (exact) mass is 338 g/mol. The van der Waals surface area contributed by atoms with Gasteiger partial charge in [-0.25, -0.2) is 0 Å². The van der Waals surface area contributed by atoms with E-state index in [1.165, 1.54) is 27.7 Å². The number of benzene rings is 1. The molecule has 2 unspecified atom stereocenters. The molecule has 1 aromatic rings. The Labute approximate surface area is 132 Å². The van der Waals surface area contributed by atoms with Gasteiger partial charge >= 0.3 is 0 Å². The van der Waals surface area contributed by atoms with E-state index >= 15 is 0 Å². The number of piperazine rings is 1. The fourth-order valence-electron chi connectivity index (χ4n) is 3.04. The first-order chi connectivity index (χ1) is 9.43. The first-order valence-corrected chi connectivity index (χ1v) is 8.50. The maximum atomic E-state index is 3.71. The highest BCUT2D eigenvalue weighted by Crippen LogP contribution is 2.30. The number of anilines is 1. The molecule has 20 heavy (non-hydrogen) atoms. The predicted octanol–water partition coefficient (Wildman–Crippen LogP) is 4.28. The van der Waals surface area contributed by atoms with Gasteiger partial charge in [-0.05, 0) is 49.4 Å². The highest BCUT2D eigenvalue weighted by Gasteiger charge is 2.28. The number of nitrogens with one attached hydrogen (secondary N) is 1. The highest BCUT2D eigenvalue weighted by atomic mass is 79.9. The summed E-state index contributed by atoms with van der Waals surface area (Å²) >= 11 is 3.67. The van der Waals surface area contributed by atoms with Gasteiger partial charge in [0, 0.05) is 35.3 Å². The molecule has 1 heterocycles. The molecular formula is C17H27BrN2. The Morgan fingerprint density at radius 1 is 1.30 bits per heavy atom. The van der Waals surface area contributed by atoms with Crippen molar-refractivity contribution in [2.75, 3.05) is 18.0 Å². The molecule has 0 saturated carbocycles. The fraction of sp³-hybridized carbons (Fsp3) is 0.647. The molecule has 2 atom stereocenters. The van der Waals surface area contributed by atoms with Gasteiger partial charge in [-0.15, -0.1) is 0 Å². The van der Waals surface area contributed by atoms with E-state index in [1.54, 1.807) is 0 Å². The third-order valence-corrected chi connectivity index (χ3v) is 5.73. The molecular weight excluding hydrogens is 312 g/mol. The zero-order chi connectivity index (χ0) is 14.9. The molecule has 0 aromatic heterocycles. The standard InChI is InChI=1S/C17H27BrN2/c1-6-14-9-19-16(11(2)3)10-20(14)15-7-12(4)17(18)13(5)8-15/h7-8,11,14,16,19H,6,9-10H2,1-5H3. The lowest BCUT2D eigenvalue weighted by Crippen LogP contribution is -2.58. The normalized spacial score (nSPS) is 23.4. The summed E-state index contributed by atoms with van der Waals surface area (Å²) in [6.45, 7) is 13.5. The van der Waals surface area contributed by atoms with E-state index in [0.29, 0.717) is 18.0 Å². The zero-order valence-electron chi connectivity index (χ0n) is 13.3. The minimum absolute atomic E-state index is 0.585. The molecule has 0 aliphatic carbocycles. The van der Waals surface area contributed by atoms with E-state index < -0.39 is 0 Å². The quantitative estimate of drug-likeness (QED) is 0.884. The number of nitrogens with zero attached hydrogens (tertiary/aromatic N) is 1. The maximum absolute atomic E-state index is 3.71. The third kappa shape index (κ3) is 3.20. The predicted molar refractivity (Wildman–Crippen MR) is 91.7 cm³/mol. The molecule has 0 bridgehead atoms. The molecule has 112 valence electrons. The molecule has 3 heteroatoms. The Kier molecular flexibility index (Phi) is 5.14. The lowest BCUT2D eigenvalue weighted by molar-refractivity contribution is 0.325. The van der Waals surface area contributed by atoms with Gasteiger partial charge in [0.25, 0.3) is 0 Å². The van der Waals surface area contributed by atoms with Crippen molar-refractivity contribution in [2.45, 2.75) is 53.1 Å². The summed E-state index contributed by atoms with van der Waals surface area (Å²) in [5.41, 5.74) is 4.03. The average Bonchev–Trinajstić information content (AvgIpc) is 2.43. The van der Waals surface area contributed by atoms with Gasteiger partial charge in [-0.2, -0.15) is 0 Å².